The molecule has 1 atom stereocenters. The Bertz CT molecular complexity index is 1070. The number of nitrogens with zero attached hydrogens (tertiary/aromatic N) is 2. The Morgan fingerprint density at radius 2 is 1.85 bits per heavy atom. The first-order chi connectivity index (χ1) is 15.9. The van der Waals surface area contributed by atoms with E-state index < -0.39 is 17.1 Å². The van der Waals surface area contributed by atoms with E-state index >= 15 is 0 Å². The van der Waals surface area contributed by atoms with Crippen LogP contribution in [0.1, 0.15) is 32.6 Å². The van der Waals surface area contributed by atoms with Crippen molar-refractivity contribution >= 4 is 52.7 Å². The molecule has 0 aliphatic carbocycles. The zero-order chi connectivity index (χ0) is 23.8. The zero-order valence-electron chi connectivity index (χ0n) is 18.0. The first-order valence-electron chi connectivity index (χ1n) is 10.4. The third-order valence-corrected chi connectivity index (χ3v) is 6.03. The Kier molecular flexibility index (Phi) is 8.20. The Balaban J connectivity index is 1.60. The molecule has 33 heavy (non-hydrogen) atoms. The highest BCUT2D eigenvalue weighted by molar-refractivity contribution is 8.00. The van der Waals surface area contributed by atoms with Crippen LogP contribution in [0.2, 0.25) is 0 Å². The Hall–Kier alpha value is -3.66. The van der Waals surface area contributed by atoms with Crippen LogP contribution >= 0.6 is 11.8 Å². The fraction of sp³-hybridized carbons (Fsp3) is 0.261. The largest absolute Gasteiger partial charge is 0.481 e. The van der Waals surface area contributed by atoms with Crippen LogP contribution in [0.15, 0.2) is 64.6 Å². The number of hydrogen-bond acceptors (Lipinski definition) is 6. The summed E-state index contributed by atoms with van der Waals surface area (Å²) in [5, 5.41) is 19.2. The molecule has 0 saturated carbocycles. The van der Waals surface area contributed by atoms with Crippen molar-refractivity contribution in [2.24, 2.45) is 5.10 Å². The predicted octanol–water partition coefficient (Wildman–Crippen LogP) is 3.23. The molecule has 10 heteroatoms. The molecule has 0 aromatic heterocycles. The van der Waals surface area contributed by atoms with E-state index in [9.17, 15) is 19.2 Å². The van der Waals surface area contributed by atoms with Crippen molar-refractivity contribution in [3.63, 3.8) is 0 Å². The van der Waals surface area contributed by atoms with Crippen LogP contribution < -0.4 is 15.6 Å². The maximum absolute atomic E-state index is 12.8. The van der Waals surface area contributed by atoms with Crippen molar-refractivity contribution in [2.75, 3.05) is 10.3 Å². The normalized spacial score (nSPS) is 13.9. The molecule has 9 nitrogen and oxygen atoms in total. The first-order valence-corrected chi connectivity index (χ1v) is 11.3. The van der Waals surface area contributed by atoms with E-state index in [1.54, 1.807) is 42.5 Å². The molecule has 3 N–H and O–H groups in total. The minimum Gasteiger partial charge on any atom is -0.481 e. The van der Waals surface area contributed by atoms with E-state index in [1.165, 1.54) is 16.8 Å². The molecule has 1 aliphatic heterocycles. The van der Waals surface area contributed by atoms with Crippen LogP contribution in [0, 0.1) is 0 Å². The van der Waals surface area contributed by atoms with Crippen LogP contribution in [-0.2, 0) is 19.2 Å². The molecule has 1 aliphatic rings. The lowest BCUT2D eigenvalue weighted by Gasteiger charge is -2.15. The number of thioether (sulfide) groups is 1. The van der Waals surface area contributed by atoms with Crippen LogP contribution in [0.5, 0.6) is 0 Å². The standard InChI is InChI=1S/C23H24N4O5S/c1-2-18(33-17-10-6-7-15(13-17)24-20(28)11-12-22(30)31)23(32)25-19-14-21(29)27(26-19)16-8-4-3-5-9-16/h3-10,13,18H,2,11-12,14H2,1H3,(H,24,28)(H,30,31)(H,25,26,32). The number of nitrogens with one attached hydrogen (secondary N) is 2. The quantitative estimate of drug-likeness (QED) is 0.485. The molecule has 3 rings (SSSR count). The number of hydrogen-bond donors (Lipinski definition) is 3. The number of carbonyl (C=O) groups is 4. The van der Waals surface area contributed by atoms with Gasteiger partial charge in [0.25, 0.3) is 5.91 Å². The third-order valence-electron chi connectivity index (χ3n) is 4.67. The number of anilines is 2. The fourth-order valence-corrected chi connectivity index (χ4v) is 4.08. The Morgan fingerprint density at radius 1 is 1.09 bits per heavy atom. The molecule has 0 saturated heterocycles. The highest BCUT2D eigenvalue weighted by Crippen LogP contribution is 2.28. The SMILES string of the molecule is CCC(Sc1cccc(NC(=O)CCC(=O)O)c1)C(=O)NC1=NN(c2ccccc2)C(=O)C1. The molecule has 1 unspecified atom stereocenters. The maximum Gasteiger partial charge on any atom is 0.303 e. The highest BCUT2D eigenvalue weighted by atomic mass is 32.2. The summed E-state index contributed by atoms with van der Waals surface area (Å²) in [5.41, 5.74) is 1.16. The topological polar surface area (TPSA) is 128 Å². The van der Waals surface area contributed by atoms with Crippen molar-refractivity contribution < 1.29 is 24.3 Å². The van der Waals surface area contributed by atoms with E-state index in [2.05, 4.69) is 15.7 Å². The zero-order valence-corrected chi connectivity index (χ0v) is 18.8. The number of rotatable bonds is 9. The van der Waals surface area contributed by atoms with Crippen LogP contribution in [0.25, 0.3) is 0 Å². The number of amides is 3. The van der Waals surface area contributed by atoms with Gasteiger partial charge in [-0.15, -0.1) is 11.8 Å². The second-order valence-corrected chi connectivity index (χ2v) is 8.51. The molecular weight excluding hydrogens is 444 g/mol. The van der Waals surface area contributed by atoms with Gasteiger partial charge in [0, 0.05) is 17.0 Å². The summed E-state index contributed by atoms with van der Waals surface area (Å²) in [5.74, 6) is -1.61. The lowest BCUT2D eigenvalue weighted by Crippen LogP contribution is -2.36. The maximum atomic E-state index is 12.8. The van der Waals surface area contributed by atoms with E-state index in [4.69, 9.17) is 5.11 Å². The van der Waals surface area contributed by atoms with Gasteiger partial charge in [-0.3, -0.25) is 19.2 Å². The summed E-state index contributed by atoms with van der Waals surface area (Å²) < 4.78 is 0. The summed E-state index contributed by atoms with van der Waals surface area (Å²) in [7, 11) is 0. The lowest BCUT2D eigenvalue weighted by atomic mass is 10.2. The van der Waals surface area contributed by atoms with E-state index in [1.807, 2.05) is 19.1 Å². The molecular formula is C23H24N4O5S. The van der Waals surface area contributed by atoms with Gasteiger partial charge in [-0.2, -0.15) is 10.1 Å². The summed E-state index contributed by atoms with van der Waals surface area (Å²) in [4.78, 5) is 48.4. The highest BCUT2D eigenvalue weighted by Gasteiger charge is 2.28. The van der Waals surface area contributed by atoms with Gasteiger partial charge >= 0.3 is 5.97 Å². The average Bonchev–Trinajstić information content (AvgIpc) is 3.16. The van der Waals surface area contributed by atoms with Crippen molar-refractivity contribution in [2.45, 2.75) is 42.8 Å². The summed E-state index contributed by atoms with van der Waals surface area (Å²) in [6.07, 6.45) is 0.189. The monoisotopic (exact) mass is 468 g/mol. The molecule has 2 aromatic rings. The van der Waals surface area contributed by atoms with E-state index in [0.717, 1.165) is 4.90 Å². The number of hydrazone groups is 1. The minimum atomic E-state index is -1.04. The van der Waals surface area contributed by atoms with Crippen molar-refractivity contribution in [1.82, 2.24) is 5.32 Å². The van der Waals surface area contributed by atoms with Crippen LogP contribution in [-0.4, -0.2) is 39.9 Å². The Morgan fingerprint density at radius 3 is 2.55 bits per heavy atom. The second-order valence-electron chi connectivity index (χ2n) is 7.24. The van der Waals surface area contributed by atoms with Gasteiger partial charge in [-0.05, 0) is 36.8 Å². The molecule has 0 radical (unpaired) electrons. The van der Waals surface area contributed by atoms with Crippen molar-refractivity contribution in [3.05, 3.63) is 54.6 Å². The van der Waals surface area contributed by atoms with Gasteiger partial charge in [0.2, 0.25) is 11.8 Å². The Labute approximate surface area is 195 Å². The number of amidine groups is 1. The predicted molar refractivity (Wildman–Crippen MR) is 126 cm³/mol. The number of benzene rings is 2. The fourth-order valence-electron chi connectivity index (χ4n) is 3.07. The lowest BCUT2D eigenvalue weighted by molar-refractivity contribution is -0.138. The molecule has 3 amide bonds. The first kappa shape index (κ1) is 24.0. The minimum absolute atomic E-state index is 0.0135. The second kappa shape index (κ2) is 11.3. The van der Waals surface area contributed by atoms with Crippen molar-refractivity contribution in [1.29, 1.82) is 0 Å². The average molecular weight is 469 g/mol. The molecule has 0 bridgehead atoms. The number of carbonyl (C=O) groups excluding carboxylic acids is 3. The van der Waals surface area contributed by atoms with E-state index in [-0.39, 0.29) is 31.1 Å². The van der Waals surface area contributed by atoms with Gasteiger partial charge in [-0.25, -0.2) is 0 Å². The summed E-state index contributed by atoms with van der Waals surface area (Å²) in [6, 6.07) is 16.0. The number of carboxylic acids is 1. The molecule has 0 spiro atoms. The van der Waals surface area contributed by atoms with Crippen LogP contribution in [0.4, 0.5) is 11.4 Å². The molecule has 1 heterocycles. The molecule has 2 aromatic carbocycles. The third kappa shape index (κ3) is 6.91. The van der Waals surface area contributed by atoms with Gasteiger partial charge in [0.15, 0.2) is 0 Å². The van der Waals surface area contributed by atoms with Gasteiger partial charge < -0.3 is 15.7 Å². The number of carboxylic acid groups (broad SMARTS) is 1. The van der Waals surface area contributed by atoms with Gasteiger partial charge in [-0.1, -0.05) is 31.2 Å². The number of para-hydroxylation sites is 1. The van der Waals surface area contributed by atoms with Crippen LogP contribution in [0.3, 0.4) is 0 Å². The molecule has 0 fully saturated rings. The van der Waals surface area contributed by atoms with Gasteiger partial charge in [0.1, 0.15) is 5.84 Å². The summed E-state index contributed by atoms with van der Waals surface area (Å²) >= 11 is 1.33. The smallest absolute Gasteiger partial charge is 0.303 e. The summed E-state index contributed by atoms with van der Waals surface area (Å²) in [6.45, 7) is 1.88. The van der Waals surface area contributed by atoms with E-state index in [0.29, 0.717) is 23.6 Å². The number of aliphatic carboxylic acids is 1. The van der Waals surface area contributed by atoms with Gasteiger partial charge in [0.05, 0.1) is 23.8 Å². The van der Waals surface area contributed by atoms with Crippen molar-refractivity contribution in [3.8, 4) is 0 Å². The molecule has 172 valence electrons.